The van der Waals surface area contributed by atoms with Crippen molar-refractivity contribution in [3.63, 3.8) is 0 Å². The summed E-state index contributed by atoms with van der Waals surface area (Å²) in [6.07, 6.45) is 3.24. The van der Waals surface area contributed by atoms with Gasteiger partial charge in [0.25, 0.3) is 0 Å². The molecule has 2 fully saturated rings. The highest BCUT2D eigenvalue weighted by Crippen LogP contribution is 2.38. The fourth-order valence-electron chi connectivity index (χ4n) is 4.11. The third kappa shape index (κ3) is 3.18. The first-order valence-electron chi connectivity index (χ1n) is 8.70. The van der Waals surface area contributed by atoms with E-state index in [1.807, 2.05) is 31.2 Å². The molecule has 2 aliphatic rings. The molecule has 2 N–H and O–H groups in total. The van der Waals surface area contributed by atoms with Crippen LogP contribution in [0.3, 0.4) is 0 Å². The van der Waals surface area contributed by atoms with E-state index in [0.717, 1.165) is 17.5 Å². The molecule has 0 unspecified atom stereocenters. The lowest BCUT2D eigenvalue weighted by atomic mass is 9.71. The Kier molecular flexibility index (Phi) is 4.90. The third-order valence-corrected chi connectivity index (χ3v) is 5.56. The van der Waals surface area contributed by atoms with Gasteiger partial charge in [-0.25, -0.2) is 0 Å². The zero-order valence-electron chi connectivity index (χ0n) is 14.1. The number of carbonyl (C=O) groups is 2. The first-order chi connectivity index (χ1) is 11.5. The van der Waals surface area contributed by atoms with E-state index < -0.39 is 11.4 Å². The molecular formula is C19H25NO4. The van der Waals surface area contributed by atoms with Gasteiger partial charge in [-0.1, -0.05) is 24.3 Å². The molecule has 2 atom stereocenters. The molecule has 1 aliphatic carbocycles. The van der Waals surface area contributed by atoms with Crippen LogP contribution in [0.2, 0.25) is 0 Å². The lowest BCUT2D eigenvalue weighted by Crippen LogP contribution is -2.50. The van der Waals surface area contributed by atoms with Crippen LogP contribution in [0.25, 0.3) is 0 Å². The maximum absolute atomic E-state index is 13.2. The van der Waals surface area contributed by atoms with Crippen LogP contribution in [-0.2, 0) is 19.7 Å². The van der Waals surface area contributed by atoms with Crippen molar-refractivity contribution in [3.05, 3.63) is 35.4 Å². The van der Waals surface area contributed by atoms with Crippen molar-refractivity contribution >= 4 is 11.9 Å². The molecule has 0 bridgehead atoms. The zero-order chi connectivity index (χ0) is 17.2. The second-order valence-corrected chi connectivity index (χ2v) is 7.03. The van der Waals surface area contributed by atoms with Crippen molar-refractivity contribution in [1.29, 1.82) is 0 Å². The Hall–Kier alpha value is -1.88. The van der Waals surface area contributed by atoms with Crippen LogP contribution in [0.5, 0.6) is 0 Å². The second-order valence-electron chi connectivity index (χ2n) is 7.03. The number of ether oxygens (including phenoxy) is 1. The van der Waals surface area contributed by atoms with E-state index in [2.05, 4.69) is 5.32 Å². The van der Waals surface area contributed by atoms with Crippen LogP contribution in [0.4, 0.5) is 0 Å². The molecule has 1 aromatic rings. The zero-order valence-corrected chi connectivity index (χ0v) is 14.1. The molecule has 5 heteroatoms. The number of rotatable bonds is 4. The molecule has 1 aromatic carbocycles. The van der Waals surface area contributed by atoms with Crippen LogP contribution in [-0.4, -0.2) is 36.2 Å². The van der Waals surface area contributed by atoms with Gasteiger partial charge in [-0.3, -0.25) is 9.59 Å². The minimum absolute atomic E-state index is 0.0242. The average molecular weight is 331 g/mol. The van der Waals surface area contributed by atoms with Crippen molar-refractivity contribution in [3.8, 4) is 0 Å². The Bertz CT molecular complexity index is 622. The van der Waals surface area contributed by atoms with E-state index in [4.69, 9.17) is 9.84 Å². The topological polar surface area (TPSA) is 75.6 Å². The number of carboxylic acid groups (broad SMARTS) is 1. The van der Waals surface area contributed by atoms with Crippen LogP contribution in [0.15, 0.2) is 24.3 Å². The van der Waals surface area contributed by atoms with E-state index in [-0.39, 0.29) is 17.9 Å². The van der Waals surface area contributed by atoms with Gasteiger partial charge in [0, 0.05) is 19.3 Å². The summed E-state index contributed by atoms with van der Waals surface area (Å²) in [7, 11) is 0. The maximum atomic E-state index is 13.2. The standard InChI is InChI=1S/C19H25NO4/c1-13-4-2-3-5-16(13)19(8-10-24-11-9-19)18(23)20-15-7-6-14(12-15)17(21)22/h2-5,14-15H,6-12H2,1H3,(H,20,23)(H,21,22)/t14-,15+/m0/s1. The quantitative estimate of drug-likeness (QED) is 0.888. The van der Waals surface area contributed by atoms with E-state index >= 15 is 0 Å². The molecule has 1 saturated heterocycles. The van der Waals surface area contributed by atoms with Gasteiger partial charge in [-0.05, 0) is 50.2 Å². The van der Waals surface area contributed by atoms with Crippen molar-refractivity contribution in [1.82, 2.24) is 5.32 Å². The van der Waals surface area contributed by atoms with Gasteiger partial charge in [0.1, 0.15) is 0 Å². The molecule has 3 rings (SSSR count). The predicted octanol–water partition coefficient (Wildman–Crippen LogP) is 2.41. The van der Waals surface area contributed by atoms with Gasteiger partial charge in [0.05, 0.1) is 11.3 Å². The largest absolute Gasteiger partial charge is 0.481 e. The number of aliphatic carboxylic acids is 1. The van der Waals surface area contributed by atoms with Crippen LogP contribution >= 0.6 is 0 Å². The van der Waals surface area contributed by atoms with Gasteiger partial charge >= 0.3 is 5.97 Å². The van der Waals surface area contributed by atoms with E-state index in [1.165, 1.54) is 0 Å². The van der Waals surface area contributed by atoms with Crippen molar-refractivity contribution < 1.29 is 19.4 Å². The molecule has 1 saturated carbocycles. The number of carboxylic acids is 1. The summed E-state index contributed by atoms with van der Waals surface area (Å²) < 4.78 is 5.50. The fourth-order valence-corrected chi connectivity index (χ4v) is 4.11. The smallest absolute Gasteiger partial charge is 0.306 e. The summed E-state index contributed by atoms with van der Waals surface area (Å²) in [6.45, 7) is 3.18. The predicted molar refractivity (Wildman–Crippen MR) is 89.8 cm³/mol. The summed E-state index contributed by atoms with van der Waals surface area (Å²) in [4.78, 5) is 24.3. The van der Waals surface area contributed by atoms with Gasteiger partial charge in [0.2, 0.25) is 5.91 Å². The second kappa shape index (κ2) is 6.93. The first-order valence-corrected chi connectivity index (χ1v) is 8.70. The number of amides is 1. The van der Waals surface area contributed by atoms with Gasteiger partial charge in [-0.15, -0.1) is 0 Å². The van der Waals surface area contributed by atoms with Gasteiger partial charge in [0.15, 0.2) is 0 Å². The monoisotopic (exact) mass is 331 g/mol. The maximum Gasteiger partial charge on any atom is 0.306 e. The number of nitrogens with one attached hydrogen (secondary N) is 1. The molecule has 130 valence electrons. The lowest BCUT2D eigenvalue weighted by Gasteiger charge is -2.38. The first kappa shape index (κ1) is 17.0. The summed E-state index contributed by atoms with van der Waals surface area (Å²) in [5.74, 6) is -1.07. The summed E-state index contributed by atoms with van der Waals surface area (Å²) >= 11 is 0. The SMILES string of the molecule is Cc1ccccc1C1(C(=O)N[C@@H]2CC[C@H](C(=O)O)C2)CCOCC1. The highest BCUT2D eigenvalue weighted by Gasteiger charge is 2.44. The minimum Gasteiger partial charge on any atom is -0.481 e. The molecule has 0 radical (unpaired) electrons. The Morgan fingerprint density at radius 2 is 1.92 bits per heavy atom. The molecule has 1 heterocycles. The molecule has 24 heavy (non-hydrogen) atoms. The molecule has 0 aromatic heterocycles. The normalized spacial score (nSPS) is 26.0. The average Bonchev–Trinajstić information content (AvgIpc) is 3.04. The van der Waals surface area contributed by atoms with E-state index in [9.17, 15) is 9.59 Å². The number of aryl methyl sites for hydroxylation is 1. The Balaban J connectivity index is 1.81. The summed E-state index contributed by atoms with van der Waals surface area (Å²) in [6, 6.07) is 7.99. The minimum atomic E-state index is -0.758. The van der Waals surface area contributed by atoms with Gasteiger partial charge < -0.3 is 15.2 Å². The highest BCUT2D eigenvalue weighted by molar-refractivity contribution is 5.89. The molecular weight excluding hydrogens is 306 g/mol. The number of benzene rings is 1. The van der Waals surface area contributed by atoms with E-state index in [1.54, 1.807) is 0 Å². The molecule has 1 aliphatic heterocycles. The third-order valence-electron chi connectivity index (χ3n) is 5.56. The van der Waals surface area contributed by atoms with Gasteiger partial charge in [-0.2, -0.15) is 0 Å². The van der Waals surface area contributed by atoms with Crippen molar-refractivity contribution in [2.45, 2.75) is 50.5 Å². The van der Waals surface area contributed by atoms with Crippen LogP contribution in [0, 0.1) is 12.8 Å². The Morgan fingerprint density at radius 3 is 2.54 bits per heavy atom. The molecule has 5 nitrogen and oxygen atoms in total. The number of hydrogen-bond donors (Lipinski definition) is 2. The lowest BCUT2D eigenvalue weighted by molar-refractivity contribution is -0.141. The fraction of sp³-hybridized carbons (Fsp3) is 0.579. The van der Waals surface area contributed by atoms with Crippen LogP contribution in [0.1, 0.15) is 43.2 Å². The highest BCUT2D eigenvalue weighted by atomic mass is 16.5. The van der Waals surface area contributed by atoms with Crippen molar-refractivity contribution in [2.75, 3.05) is 13.2 Å². The number of carbonyl (C=O) groups excluding carboxylic acids is 1. The Morgan fingerprint density at radius 1 is 1.21 bits per heavy atom. The Labute approximate surface area is 142 Å². The van der Waals surface area contributed by atoms with Crippen molar-refractivity contribution in [2.24, 2.45) is 5.92 Å². The molecule has 0 spiro atoms. The molecule has 1 amide bonds. The number of hydrogen-bond acceptors (Lipinski definition) is 3. The van der Waals surface area contributed by atoms with Crippen LogP contribution < -0.4 is 5.32 Å². The summed E-state index contributed by atoms with van der Waals surface area (Å²) in [5.41, 5.74) is 1.62. The summed E-state index contributed by atoms with van der Waals surface area (Å²) in [5, 5.41) is 12.3. The van der Waals surface area contributed by atoms with E-state index in [0.29, 0.717) is 38.9 Å².